The molecule has 4 amide bonds. The first kappa shape index (κ1) is 112. The third-order valence-electron chi connectivity index (χ3n) is 19.4. The molecule has 12 aromatic rings. The minimum Gasteiger partial charge on any atom is -0.481 e. The Hall–Kier alpha value is -12.2. The van der Waals surface area contributed by atoms with Crippen LogP contribution in [0.3, 0.4) is 0 Å². The molecule has 26 nitrogen and oxygen atoms in total. The molecule has 137 heavy (non-hydrogen) atoms. The molecule has 0 saturated carbocycles. The molecule has 0 aliphatic rings. The van der Waals surface area contributed by atoms with Crippen LogP contribution < -0.4 is 53.2 Å². The molecule has 0 spiro atoms. The van der Waals surface area contributed by atoms with Gasteiger partial charge in [-0.2, -0.15) is 13.2 Å². The predicted molar refractivity (Wildman–Crippen MR) is 540 cm³/mol. The van der Waals surface area contributed by atoms with Gasteiger partial charge in [-0.25, -0.2) is 4.79 Å². The number of aliphatic hydroxyl groups is 4. The van der Waals surface area contributed by atoms with Crippen LogP contribution in [-0.2, 0) is 47.6 Å². The van der Waals surface area contributed by atoms with E-state index in [1.807, 2.05) is 111 Å². The lowest BCUT2D eigenvalue weighted by Crippen LogP contribution is -2.29. The number of aromatic carboxylic acids is 1. The topological polar surface area (TPSA) is 381 Å². The van der Waals surface area contributed by atoms with Gasteiger partial charge in [-0.15, -0.1) is 0 Å². The standard InChI is InChI=1S/C19H24N2O3.C18H20Cl2N2O3.C18H21ClN2O3.C18H19F3N2O3.2C14H11Cl2NO2/c1-14-6-5-9-17(15(14)2)21-18-8-4-3-7-16(18)19(23)20-10-12-24-13-11-22;19-14-5-3-6-15(20)18(14)22-16-7-2-1-4-13(16)12-17(24)21-8-10-25-11-9-23;1-13-15(19)6-4-8-16(13)21-17-7-3-2-5-14(17)18(23)20-9-11-24-12-10-22;19-18(20,21)13-4-3-5-14(12-13)23-16-7-2-1-6-15(16)17(25)22-8-10-26-11-9-24;1-8-6-7-10(15)13(12(8)16)17-11-5-3-2-4-9(11)14(18)19;15-10-5-3-6-11(16)14(10)17-12-7-2-1-4-9(12)8-13(18)19/h3-9,21-22H,10-13H2,1-2H3,(H,20,23);1-7,22-23H,8-12H2,(H,21,24);2-8,21-22H,9-12H2,1H3,(H,20,23);1-7,12,23-24H,8-11H2,(H,22,25);2-7,17H,1H3,(H,18,19);1-7,17H,8H2,(H,18,19). The van der Waals surface area contributed by atoms with Gasteiger partial charge < -0.3 is 103 Å². The number of alkyl halides is 3. The van der Waals surface area contributed by atoms with Crippen LogP contribution in [0.2, 0.25) is 35.2 Å². The number of carbonyl (C=O) groups excluding carboxylic acids is 4. The zero-order valence-electron chi connectivity index (χ0n) is 75.0. The van der Waals surface area contributed by atoms with Crippen molar-refractivity contribution in [2.24, 2.45) is 0 Å². The maximum atomic E-state index is 12.8. The van der Waals surface area contributed by atoms with E-state index in [1.54, 1.807) is 121 Å². The highest BCUT2D eigenvalue weighted by Gasteiger charge is 2.31. The molecule has 12 aromatic carbocycles. The summed E-state index contributed by atoms with van der Waals surface area (Å²) < 4.78 is 58.9. The number of carbonyl (C=O) groups is 6. The molecule has 726 valence electrons. The van der Waals surface area contributed by atoms with E-state index in [0.29, 0.717) is 137 Å². The number of carboxylic acids is 2. The first-order valence-corrected chi connectivity index (χ1v) is 45.3. The van der Waals surface area contributed by atoms with Crippen LogP contribution in [0.15, 0.2) is 255 Å². The van der Waals surface area contributed by atoms with Crippen LogP contribution in [-0.4, -0.2) is 172 Å². The highest BCUT2D eigenvalue weighted by molar-refractivity contribution is 6.41. The van der Waals surface area contributed by atoms with Gasteiger partial charge in [0, 0.05) is 59.6 Å². The van der Waals surface area contributed by atoms with Gasteiger partial charge in [-0.3, -0.25) is 24.0 Å². The minimum absolute atomic E-state index is 0.0173. The van der Waals surface area contributed by atoms with Crippen LogP contribution in [0, 0.1) is 27.7 Å². The number of hydrogen-bond acceptors (Lipinski definition) is 20. The van der Waals surface area contributed by atoms with Crippen LogP contribution in [0.25, 0.3) is 0 Å². The summed E-state index contributed by atoms with van der Waals surface area (Å²) in [6.45, 7) is 11.5. The molecule has 36 heteroatoms. The first-order chi connectivity index (χ1) is 65.9. The Morgan fingerprint density at radius 2 is 0.650 bits per heavy atom. The fourth-order valence-electron chi connectivity index (χ4n) is 12.3. The predicted octanol–water partition coefficient (Wildman–Crippen LogP) is 21.6. The normalized spacial score (nSPS) is 10.6. The Morgan fingerprint density at radius 3 is 1.07 bits per heavy atom. The Balaban J connectivity index is 0.000000225. The lowest BCUT2D eigenvalue weighted by Gasteiger charge is -2.15. The van der Waals surface area contributed by atoms with E-state index in [2.05, 4.69) is 73.1 Å². The minimum atomic E-state index is -4.44. The van der Waals surface area contributed by atoms with Gasteiger partial charge >= 0.3 is 18.1 Å². The number of carboxylic acid groups (broad SMARTS) is 2. The number of anilines is 12. The van der Waals surface area contributed by atoms with Gasteiger partial charge in [-0.05, 0) is 188 Å². The summed E-state index contributed by atoms with van der Waals surface area (Å²) >= 11 is 42.9. The number of aliphatic carboxylic acids is 1. The second-order valence-electron chi connectivity index (χ2n) is 29.2. The number of hydrogen-bond donors (Lipinski definition) is 16. The summed E-state index contributed by atoms with van der Waals surface area (Å²) in [4.78, 5) is 71.1. The summed E-state index contributed by atoms with van der Waals surface area (Å²) in [6.07, 6.45) is -4.29. The maximum Gasteiger partial charge on any atom is 0.416 e. The third kappa shape index (κ3) is 38.3. The molecular weight excluding hydrogens is 1910 g/mol. The highest BCUT2D eigenvalue weighted by Crippen LogP contribution is 2.40. The largest absolute Gasteiger partial charge is 0.481 e. The number of aliphatic hydroxyl groups excluding tert-OH is 4. The van der Waals surface area contributed by atoms with E-state index in [-0.39, 0.29) is 114 Å². The van der Waals surface area contributed by atoms with E-state index in [4.69, 9.17) is 131 Å². The zero-order chi connectivity index (χ0) is 99.6. The third-order valence-corrected chi connectivity index (χ3v) is 21.8. The van der Waals surface area contributed by atoms with Crippen LogP contribution in [0.1, 0.15) is 80.4 Å². The fraction of sp³-hybridized carbons (Fsp3) is 0.228. The molecule has 0 unspecified atom stereocenters. The number of rotatable bonds is 40. The number of aryl methyl sites for hydroxylation is 2. The first-order valence-electron chi connectivity index (χ1n) is 42.6. The molecule has 0 aliphatic heterocycles. The SMILES string of the molecule is Cc1c(Cl)cccc1Nc1ccccc1C(=O)NCCOCCO.Cc1ccc(Cl)c(Nc2ccccc2C(=O)O)c1Cl.Cc1cccc(Nc2ccccc2C(=O)NCCOCCO)c1C.O=C(Cc1ccccc1Nc1c(Cl)cccc1Cl)NCCOCCO.O=C(NCCOCCO)c1ccccc1Nc1cccc(C(F)(F)F)c1.O=C(O)Cc1ccccc1Nc1c(Cl)cccc1Cl. The van der Waals surface area contributed by atoms with Crippen molar-refractivity contribution in [1.82, 2.24) is 21.3 Å². The van der Waals surface area contributed by atoms with Gasteiger partial charge in [0.2, 0.25) is 5.91 Å². The van der Waals surface area contributed by atoms with Gasteiger partial charge in [-0.1, -0.05) is 209 Å². The number of nitrogens with one attached hydrogen (secondary N) is 10. The molecule has 0 bridgehead atoms. The zero-order valence-corrected chi connectivity index (χ0v) is 80.3. The number of amides is 4. The molecule has 0 heterocycles. The summed E-state index contributed by atoms with van der Waals surface area (Å²) in [7, 11) is 0. The number of halogens is 10. The molecule has 0 aromatic heterocycles. The molecule has 0 aliphatic carbocycles. The van der Waals surface area contributed by atoms with E-state index >= 15 is 0 Å². The lowest BCUT2D eigenvalue weighted by atomic mass is 10.1. The van der Waals surface area contributed by atoms with E-state index in [0.717, 1.165) is 57.1 Å². The maximum absolute atomic E-state index is 12.8. The van der Waals surface area contributed by atoms with Crippen LogP contribution >= 0.6 is 81.2 Å². The summed E-state index contributed by atoms with van der Waals surface area (Å²) in [6, 6.07) is 72.8. The van der Waals surface area contributed by atoms with E-state index in [1.165, 1.54) is 23.8 Å². The van der Waals surface area contributed by atoms with Crippen LogP contribution in [0.5, 0.6) is 0 Å². The second kappa shape index (κ2) is 60.4. The second-order valence-corrected chi connectivity index (χ2v) is 32.1. The number of ether oxygens (including phenoxy) is 4. The molecule has 0 atom stereocenters. The number of benzene rings is 12. The van der Waals surface area contributed by atoms with Crippen molar-refractivity contribution in [3.63, 3.8) is 0 Å². The van der Waals surface area contributed by atoms with Crippen molar-refractivity contribution in [2.75, 3.05) is 137 Å². The molecule has 0 fully saturated rings. The van der Waals surface area contributed by atoms with Crippen molar-refractivity contribution in [3.05, 3.63) is 351 Å². The molecule has 0 saturated heterocycles. The summed E-state index contributed by atoms with van der Waals surface area (Å²) in [5.41, 5.74) is 14.0. The van der Waals surface area contributed by atoms with E-state index in [9.17, 15) is 41.9 Å². The Kier molecular flexibility index (Phi) is 49.3. The van der Waals surface area contributed by atoms with Gasteiger partial charge in [0.25, 0.3) is 17.7 Å². The quantitative estimate of drug-likeness (QED) is 0.0159. The van der Waals surface area contributed by atoms with Crippen molar-refractivity contribution in [2.45, 2.75) is 46.7 Å². The highest BCUT2D eigenvalue weighted by atomic mass is 35.5. The average Bonchev–Trinajstić information content (AvgIpc) is 1.10. The molecule has 0 radical (unpaired) electrons. The summed E-state index contributed by atoms with van der Waals surface area (Å²) in [5, 5.41) is 85.9. The van der Waals surface area contributed by atoms with Crippen molar-refractivity contribution in [3.8, 4) is 0 Å². The van der Waals surface area contributed by atoms with Crippen molar-refractivity contribution in [1.29, 1.82) is 0 Å². The average molecular weight is 2020 g/mol. The molecule has 12 rings (SSSR count). The lowest BCUT2D eigenvalue weighted by molar-refractivity contribution is -0.138. The van der Waals surface area contributed by atoms with Gasteiger partial charge in [0.1, 0.15) is 0 Å². The van der Waals surface area contributed by atoms with Gasteiger partial charge in [0.05, 0.1) is 190 Å². The monoisotopic (exact) mass is 2020 g/mol. The Labute approximate surface area is 827 Å². The van der Waals surface area contributed by atoms with Crippen molar-refractivity contribution < 1.29 is 91.5 Å². The van der Waals surface area contributed by atoms with E-state index < -0.39 is 23.7 Å². The van der Waals surface area contributed by atoms with Gasteiger partial charge in [0.15, 0.2) is 0 Å². The number of para-hydroxylation sites is 8. The Morgan fingerprint density at radius 1 is 0.314 bits per heavy atom. The smallest absolute Gasteiger partial charge is 0.416 e. The Bertz CT molecular complexity index is 5760. The molecule has 16 N–H and O–H groups in total. The molecular formula is C101H106Cl7F3N10O16. The summed E-state index contributed by atoms with van der Waals surface area (Å²) in [5.74, 6) is -2.75. The van der Waals surface area contributed by atoms with Crippen LogP contribution in [0.4, 0.5) is 81.4 Å². The fourth-order valence-corrected chi connectivity index (χ4v) is 13.9. The van der Waals surface area contributed by atoms with Crippen molar-refractivity contribution >= 4 is 185 Å².